The van der Waals surface area contributed by atoms with E-state index in [1.54, 1.807) is 6.92 Å². The molecule has 2 saturated carbocycles. The minimum absolute atomic E-state index is 0.0867. The topological polar surface area (TPSA) is 151 Å². The quantitative estimate of drug-likeness (QED) is 0.488. The van der Waals surface area contributed by atoms with Crippen molar-refractivity contribution in [2.75, 3.05) is 0 Å². The molecule has 0 amide bonds. The normalized spacial score (nSPS) is 41.2. The first-order valence-corrected chi connectivity index (χ1v) is 10.1. The second-order valence-electron chi connectivity index (χ2n) is 9.84. The molecule has 1 aliphatic heterocycles. The van der Waals surface area contributed by atoms with Gasteiger partial charge in [0.2, 0.25) is 0 Å². The van der Waals surface area contributed by atoms with Crippen LogP contribution in [0.2, 0.25) is 0 Å². The summed E-state index contributed by atoms with van der Waals surface area (Å²) in [5.74, 6) is -4.82. The minimum atomic E-state index is -2.77. The van der Waals surface area contributed by atoms with E-state index in [9.17, 15) is 34.5 Å². The molecule has 0 saturated heterocycles. The lowest BCUT2D eigenvalue weighted by molar-refractivity contribution is -0.296. The summed E-state index contributed by atoms with van der Waals surface area (Å²) in [5.41, 5.74) is -9.63. The third-order valence-corrected chi connectivity index (χ3v) is 7.91. The number of Topliss-reactive ketones (excluding diaryl/α,β-unsaturated/α-hetero) is 3. The highest BCUT2D eigenvalue weighted by atomic mass is 16.5. The van der Waals surface area contributed by atoms with E-state index in [-0.39, 0.29) is 17.1 Å². The molecule has 4 rings (SSSR count). The molecule has 0 bridgehead atoms. The molecule has 0 radical (unpaired) electrons. The van der Waals surface area contributed by atoms with Gasteiger partial charge in [0, 0.05) is 17.9 Å². The summed E-state index contributed by atoms with van der Waals surface area (Å²) >= 11 is 0. The van der Waals surface area contributed by atoms with Gasteiger partial charge in [-0.25, -0.2) is 4.79 Å². The summed E-state index contributed by atoms with van der Waals surface area (Å²) in [6.45, 7) is 8.49. The van der Waals surface area contributed by atoms with Gasteiger partial charge < -0.3 is 24.5 Å². The maximum atomic E-state index is 13.5. The van der Waals surface area contributed by atoms with Gasteiger partial charge >= 0.3 is 5.63 Å². The first-order chi connectivity index (χ1) is 14.1. The number of aliphatic hydroxyl groups excluding tert-OH is 1. The molecular formula is C22H26O9. The van der Waals surface area contributed by atoms with Crippen LogP contribution in [-0.4, -0.2) is 55.6 Å². The van der Waals surface area contributed by atoms with Crippen molar-refractivity contribution in [2.45, 2.75) is 70.9 Å². The molecule has 2 aliphatic carbocycles. The van der Waals surface area contributed by atoms with Crippen LogP contribution >= 0.6 is 0 Å². The van der Waals surface area contributed by atoms with Crippen LogP contribution in [0.5, 0.6) is 5.75 Å². The number of rotatable bonds is 0. The van der Waals surface area contributed by atoms with Crippen molar-refractivity contribution < 1.29 is 38.9 Å². The number of ketones is 3. The Labute approximate surface area is 178 Å². The maximum Gasteiger partial charge on any atom is 0.350 e. The van der Waals surface area contributed by atoms with Crippen LogP contribution < -0.4 is 10.4 Å². The summed E-state index contributed by atoms with van der Waals surface area (Å²) in [5, 5.41) is 34.4. The molecule has 0 spiro atoms. The SMILES string of the molecule is Cc1oc(=O)c2c(c1C)O[C@@]1(C)[C@H](C2=O)[C@@H](C)[C@]2(O)CC(=O)C(C)(C)C(=O)[C@@]2(O)[C@H]1O. The van der Waals surface area contributed by atoms with Crippen molar-refractivity contribution in [1.29, 1.82) is 0 Å². The Kier molecular flexibility index (Phi) is 4.16. The Morgan fingerprint density at radius 3 is 2.19 bits per heavy atom. The van der Waals surface area contributed by atoms with E-state index >= 15 is 0 Å². The molecule has 2 fully saturated rings. The highest BCUT2D eigenvalue weighted by molar-refractivity contribution is 6.14. The largest absolute Gasteiger partial charge is 0.482 e. The number of aliphatic hydroxyl groups is 3. The summed E-state index contributed by atoms with van der Waals surface area (Å²) in [6, 6.07) is 0. The molecule has 2 heterocycles. The number of carbonyl (C=O) groups excluding carboxylic acids is 3. The zero-order valence-corrected chi connectivity index (χ0v) is 18.2. The lowest BCUT2D eigenvalue weighted by atomic mass is 9.46. The van der Waals surface area contributed by atoms with E-state index in [0.29, 0.717) is 5.56 Å². The minimum Gasteiger partial charge on any atom is -0.482 e. The molecule has 168 valence electrons. The first kappa shape index (κ1) is 21.9. The fourth-order valence-corrected chi connectivity index (χ4v) is 5.65. The molecule has 31 heavy (non-hydrogen) atoms. The van der Waals surface area contributed by atoms with Crippen molar-refractivity contribution in [3.63, 3.8) is 0 Å². The summed E-state index contributed by atoms with van der Waals surface area (Å²) in [7, 11) is 0. The van der Waals surface area contributed by atoms with E-state index in [0.717, 1.165) is 0 Å². The van der Waals surface area contributed by atoms with Crippen LogP contribution in [-0.2, 0) is 9.59 Å². The van der Waals surface area contributed by atoms with Crippen LogP contribution in [0, 0.1) is 31.1 Å². The Bertz CT molecular complexity index is 1110. The molecule has 3 N–H and O–H groups in total. The molecule has 6 atom stereocenters. The van der Waals surface area contributed by atoms with Crippen molar-refractivity contribution in [2.24, 2.45) is 17.3 Å². The van der Waals surface area contributed by atoms with Crippen molar-refractivity contribution >= 4 is 17.3 Å². The molecule has 3 aliphatic rings. The molecule has 9 heteroatoms. The highest BCUT2D eigenvalue weighted by Crippen LogP contribution is 2.59. The van der Waals surface area contributed by atoms with Gasteiger partial charge in [-0.2, -0.15) is 0 Å². The molecular weight excluding hydrogens is 408 g/mol. The van der Waals surface area contributed by atoms with E-state index in [4.69, 9.17) is 9.15 Å². The third kappa shape index (κ3) is 2.21. The number of fused-ring (bicyclic) bond motifs is 3. The van der Waals surface area contributed by atoms with Gasteiger partial charge in [-0.05, 0) is 34.6 Å². The Balaban J connectivity index is 2.01. The number of aryl methyl sites for hydroxylation is 1. The predicted molar refractivity (Wildman–Crippen MR) is 105 cm³/mol. The molecule has 1 aromatic heterocycles. The van der Waals surface area contributed by atoms with Gasteiger partial charge in [-0.15, -0.1) is 0 Å². The fourth-order valence-electron chi connectivity index (χ4n) is 5.65. The second kappa shape index (κ2) is 5.90. The van der Waals surface area contributed by atoms with Gasteiger partial charge in [0.1, 0.15) is 40.2 Å². The Morgan fingerprint density at radius 2 is 1.61 bits per heavy atom. The van der Waals surface area contributed by atoms with E-state index in [2.05, 4.69) is 0 Å². The summed E-state index contributed by atoms with van der Waals surface area (Å²) in [6.07, 6.45) is -2.70. The first-order valence-electron chi connectivity index (χ1n) is 10.1. The van der Waals surface area contributed by atoms with Gasteiger partial charge in [0.15, 0.2) is 17.2 Å². The standard InChI is InChI=1S/C22H26O9/c1-8-10(3)30-16(25)12-14(24)13-9(2)21(28)7-11(23)19(4,5)17(26)22(21,29)18(27)20(13,6)31-15(8)12/h9,13,18,27-29H,7H2,1-6H3/t9-,13+,18+,20+,21-,22-/m1/s1. The summed E-state index contributed by atoms with van der Waals surface area (Å²) < 4.78 is 11.2. The summed E-state index contributed by atoms with van der Waals surface area (Å²) in [4.78, 5) is 52.0. The van der Waals surface area contributed by atoms with Crippen molar-refractivity contribution in [3.8, 4) is 5.75 Å². The average Bonchev–Trinajstić information content (AvgIpc) is 2.67. The van der Waals surface area contributed by atoms with Crippen LogP contribution in [0.4, 0.5) is 0 Å². The molecule has 9 nitrogen and oxygen atoms in total. The second-order valence-corrected chi connectivity index (χ2v) is 9.84. The van der Waals surface area contributed by atoms with Gasteiger partial charge in [0.25, 0.3) is 0 Å². The zero-order valence-electron chi connectivity index (χ0n) is 18.2. The van der Waals surface area contributed by atoms with E-state index in [1.165, 1.54) is 34.6 Å². The number of hydrogen-bond acceptors (Lipinski definition) is 9. The third-order valence-electron chi connectivity index (χ3n) is 7.91. The number of ether oxygens (including phenoxy) is 1. The zero-order chi connectivity index (χ0) is 23.5. The molecule has 0 aromatic carbocycles. The van der Waals surface area contributed by atoms with Crippen LogP contribution in [0.3, 0.4) is 0 Å². The van der Waals surface area contributed by atoms with Crippen LogP contribution in [0.15, 0.2) is 9.21 Å². The monoisotopic (exact) mass is 434 g/mol. The van der Waals surface area contributed by atoms with Crippen LogP contribution in [0.1, 0.15) is 55.8 Å². The van der Waals surface area contributed by atoms with E-state index < -0.39 is 69.6 Å². The van der Waals surface area contributed by atoms with E-state index in [1.807, 2.05) is 0 Å². The van der Waals surface area contributed by atoms with Gasteiger partial charge in [0.05, 0.1) is 11.3 Å². The van der Waals surface area contributed by atoms with Crippen molar-refractivity contribution in [3.05, 3.63) is 27.3 Å². The molecule has 0 unspecified atom stereocenters. The lowest BCUT2D eigenvalue weighted by Crippen LogP contribution is -2.85. The highest BCUT2D eigenvalue weighted by Gasteiger charge is 2.79. The van der Waals surface area contributed by atoms with Crippen molar-refractivity contribution in [1.82, 2.24) is 0 Å². The molecule has 1 aromatic rings. The lowest BCUT2D eigenvalue weighted by Gasteiger charge is -2.64. The van der Waals surface area contributed by atoms with Crippen LogP contribution in [0.25, 0.3) is 0 Å². The Hall–Kier alpha value is -2.36. The number of hydrogen-bond donors (Lipinski definition) is 3. The average molecular weight is 434 g/mol. The Morgan fingerprint density at radius 1 is 1.03 bits per heavy atom. The predicted octanol–water partition coefficient (Wildman–Crippen LogP) is 0.248. The smallest absolute Gasteiger partial charge is 0.350 e. The fraction of sp³-hybridized carbons (Fsp3) is 0.636. The van der Waals surface area contributed by atoms with Gasteiger partial charge in [-0.1, -0.05) is 6.92 Å². The van der Waals surface area contributed by atoms with Gasteiger partial charge in [-0.3, -0.25) is 14.4 Å². The maximum absolute atomic E-state index is 13.5. The number of carbonyl (C=O) groups is 3.